The van der Waals surface area contributed by atoms with E-state index in [4.69, 9.17) is 11.6 Å². The number of halogens is 1. The van der Waals surface area contributed by atoms with Gasteiger partial charge >= 0.3 is 0 Å². The van der Waals surface area contributed by atoms with Crippen molar-refractivity contribution < 1.29 is 9.90 Å². The summed E-state index contributed by atoms with van der Waals surface area (Å²) >= 11 is 5.89. The molecule has 0 aliphatic carbocycles. The maximum Gasteiger partial charge on any atom is 0.180 e. The molecule has 88 valence electrons. The largest absolute Gasteiger partial charge is 0.507 e. The number of phenolic OH excluding ortho intramolecular Hbond substituents is 1. The molecule has 0 atom stereocenters. The standard InChI is InChI=1S/C13H12ClNO2/c1-15-7-12(17)13-10-4-3-9(14)6-8(10)2-5-11(13)16/h2-6,15-16H,7H2,1H3. The predicted octanol–water partition coefficient (Wildman–Crippen LogP) is 2.60. The van der Waals surface area contributed by atoms with Gasteiger partial charge in [-0.25, -0.2) is 0 Å². The van der Waals surface area contributed by atoms with Gasteiger partial charge < -0.3 is 10.4 Å². The van der Waals surface area contributed by atoms with Gasteiger partial charge in [-0.3, -0.25) is 4.79 Å². The topological polar surface area (TPSA) is 49.3 Å². The lowest BCUT2D eigenvalue weighted by molar-refractivity contribution is 0.0992. The number of Topliss-reactive ketones (excluding diaryl/α,β-unsaturated/α-hetero) is 1. The number of fused-ring (bicyclic) bond motifs is 1. The first-order valence-corrected chi connectivity index (χ1v) is 5.60. The summed E-state index contributed by atoms with van der Waals surface area (Å²) in [4.78, 5) is 11.9. The minimum Gasteiger partial charge on any atom is -0.507 e. The van der Waals surface area contributed by atoms with Gasteiger partial charge in [0.15, 0.2) is 5.78 Å². The summed E-state index contributed by atoms with van der Waals surface area (Å²) in [5.74, 6) is -0.141. The fourth-order valence-electron chi connectivity index (χ4n) is 1.83. The number of carbonyl (C=O) groups is 1. The van der Waals surface area contributed by atoms with Crippen LogP contribution in [0.4, 0.5) is 0 Å². The first-order chi connectivity index (χ1) is 8.13. The lowest BCUT2D eigenvalue weighted by Gasteiger charge is -2.08. The molecule has 2 rings (SSSR count). The second-order valence-electron chi connectivity index (χ2n) is 3.78. The monoisotopic (exact) mass is 249 g/mol. The lowest BCUT2D eigenvalue weighted by atomic mass is 10.0. The highest BCUT2D eigenvalue weighted by atomic mass is 35.5. The van der Waals surface area contributed by atoms with Gasteiger partial charge in [-0.2, -0.15) is 0 Å². The normalized spacial score (nSPS) is 10.7. The van der Waals surface area contributed by atoms with Crippen molar-refractivity contribution in [2.45, 2.75) is 0 Å². The van der Waals surface area contributed by atoms with Crippen LogP contribution in [-0.4, -0.2) is 24.5 Å². The molecule has 0 aromatic heterocycles. The quantitative estimate of drug-likeness (QED) is 0.822. The Morgan fingerprint density at radius 1 is 1.35 bits per heavy atom. The molecule has 3 nitrogen and oxygen atoms in total. The fraction of sp³-hybridized carbons (Fsp3) is 0.154. The van der Waals surface area contributed by atoms with Crippen LogP contribution in [0.1, 0.15) is 10.4 Å². The number of hydrogen-bond acceptors (Lipinski definition) is 3. The van der Waals surface area contributed by atoms with Crippen molar-refractivity contribution in [3.63, 3.8) is 0 Å². The Labute approximate surface area is 104 Å². The third-order valence-corrected chi connectivity index (χ3v) is 2.81. The third kappa shape index (κ3) is 2.25. The van der Waals surface area contributed by atoms with Crippen molar-refractivity contribution >= 4 is 28.2 Å². The summed E-state index contributed by atoms with van der Waals surface area (Å²) in [5.41, 5.74) is 0.341. The van der Waals surface area contributed by atoms with E-state index >= 15 is 0 Å². The van der Waals surface area contributed by atoms with E-state index in [9.17, 15) is 9.90 Å². The van der Waals surface area contributed by atoms with Gasteiger partial charge in [0.1, 0.15) is 5.75 Å². The number of benzene rings is 2. The maximum atomic E-state index is 11.9. The van der Waals surface area contributed by atoms with E-state index in [2.05, 4.69) is 5.32 Å². The molecule has 0 fully saturated rings. The lowest BCUT2D eigenvalue weighted by Crippen LogP contribution is -2.18. The van der Waals surface area contributed by atoms with Gasteiger partial charge in [0.2, 0.25) is 0 Å². The van der Waals surface area contributed by atoms with Crippen molar-refractivity contribution in [3.8, 4) is 5.75 Å². The molecule has 2 aromatic carbocycles. The van der Waals surface area contributed by atoms with Crippen molar-refractivity contribution in [1.29, 1.82) is 0 Å². The summed E-state index contributed by atoms with van der Waals surface area (Å²) < 4.78 is 0. The van der Waals surface area contributed by atoms with Crippen molar-refractivity contribution in [1.82, 2.24) is 5.32 Å². The summed E-state index contributed by atoms with van der Waals surface area (Å²) in [5, 5.41) is 14.7. The number of hydrogen-bond donors (Lipinski definition) is 2. The van der Waals surface area contributed by atoms with Crippen LogP contribution in [0, 0.1) is 0 Å². The van der Waals surface area contributed by atoms with Gasteiger partial charge in [0.05, 0.1) is 12.1 Å². The first-order valence-electron chi connectivity index (χ1n) is 5.22. The first kappa shape index (κ1) is 11.9. The summed E-state index contributed by atoms with van der Waals surface area (Å²) in [6, 6.07) is 8.49. The Balaban J connectivity index is 2.67. The molecule has 0 spiro atoms. The molecule has 0 aliphatic rings. The van der Waals surface area contributed by atoms with E-state index in [1.165, 1.54) is 6.07 Å². The van der Waals surface area contributed by atoms with Crippen LogP contribution >= 0.6 is 11.6 Å². The average Bonchev–Trinajstić information content (AvgIpc) is 2.29. The van der Waals surface area contributed by atoms with E-state index in [1.54, 1.807) is 31.3 Å². The Morgan fingerprint density at radius 2 is 2.12 bits per heavy atom. The molecule has 0 aliphatic heterocycles. The zero-order valence-electron chi connectivity index (χ0n) is 9.33. The summed E-state index contributed by atoms with van der Waals surface area (Å²) in [6.45, 7) is 0.190. The van der Waals surface area contributed by atoms with E-state index in [-0.39, 0.29) is 18.1 Å². The van der Waals surface area contributed by atoms with Gasteiger partial charge in [0.25, 0.3) is 0 Å². The number of rotatable bonds is 3. The molecule has 2 aromatic rings. The average molecular weight is 250 g/mol. The van der Waals surface area contributed by atoms with Crippen molar-refractivity contribution in [2.75, 3.05) is 13.6 Å². The summed E-state index contributed by atoms with van der Waals surface area (Å²) in [7, 11) is 1.69. The molecular weight excluding hydrogens is 238 g/mol. The predicted molar refractivity (Wildman–Crippen MR) is 68.9 cm³/mol. The smallest absolute Gasteiger partial charge is 0.180 e. The molecule has 0 radical (unpaired) electrons. The van der Waals surface area contributed by atoms with Gasteiger partial charge in [-0.15, -0.1) is 0 Å². The number of aromatic hydroxyl groups is 1. The Hall–Kier alpha value is -1.58. The van der Waals surface area contributed by atoms with Crippen LogP contribution in [-0.2, 0) is 0 Å². The minimum atomic E-state index is -0.141. The van der Waals surface area contributed by atoms with E-state index < -0.39 is 0 Å². The SMILES string of the molecule is CNCC(=O)c1c(O)ccc2cc(Cl)ccc12. The highest BCUT2D eigenvalue weighted by Gasteiger charge is 2.14. The molecule has 0 saturated carbocycles. The second-order valence-corrected chi connectivity index (χ2v) is 4.22. The van der Waals surface area contributed by atoms with Crippen molar-refractivity contribution in [3.05, 3.63) is 40.9 Å². The van der Waals surface area contributed by atoms with E-state index in [0.29, 0.717) is 10.6 Å². The van der Waals surface area contributed by atoms with Crippen LogP contribution in [0.15, 0.2) is 30.3 Å². The molecule has 0 heterocycles. The molecule has 4 heteroatoms. The van der Waals surface area contributed by atoms with E-state index in [0.717, 1.165) is 10.8 Å². The molecule has 17 heavy (non-hydrogen) atoms. The number of ketones is 1. The molecule has 2 N–H and O–H groups in total. The van der Waals surface area contributed by atoms with Crippen molar-refractivity contribution in [2.24, 2.45) is 0 Å². The van der Waals surface area contributed by atoms with Gasteiger partial charge in [0, 0.05) is 5.02 Å². The van der Waals surface area contributed by atoms with Gasteiger partial charge in [-0.05, 0) is 36.0 Å². The Bertz CT molecular complexity index is 581. The van der Waals surface area contributed by atoms with Crippen LogP contribution in [0.2, 0.25) is 5.02 Å². The molecular formula is C13H12ClNO2. The van der Waals surface area contributed by atoms with Gasteiger partial charge in [-0.1, -0.05) is 23.7 Å². The van der Waals surface area contributed by atoms with Crippen LogP contribution in [0.25, 0.3) is 10.8 Å². The fourth-order valence-corrected chi connectivity index (χ4v) is 2.01. The number of carbonyl (C=O) groups excluding carboxylic acids is 1. The third-order valence-electron chi connectivity index (χ3n) is 2.58. The van der Waals surface area contributed by atoms with Crippen LogP contribution in [0.3, 0.4) is 0 Å². The molecule has 0 unspecified atom stereocenters. The zero-order valence-corrected chi connectivity index (χ0v) is 10.1. The molecule has 0 saturated heterocycles. The summed E-state index contributed by atoms with van der Waals surface area (Å²) in [6.07, 6.45) is 0. The number of phenols is 1. The molecule has 0 amide bonds. The maximum absolute atomic E-state index is 11.9. The minimum absolute atomic E-state index is 0.0000671. The highest BCUT2D eigenvalue weighted by molar-refractivity contribution is 6.31. The second kappa shape index (κ2) is 4.73. The van der Waals surface area contributed by atoms with Crippen LogP contribution in [0.5, 0.6) is 5.75 Å². The van der Waals surface area contributed by atoms with E-state index in [1.807, 2.05) is 0 Å². The zero-order chi connectivity index (χ0) is 12.4. The Morgan fingerprint density at radius 3 is 2.82 bits per heavy atom. The van der Waals surface area contributed by atoms with Crippen LogP contribution < -0.4 is 5.32 Å². The molecule has 0 bridgehead atoms. The highest BCUT2D eigenvalue weighted by Crippen LogP contribution is 2.29. The number of nitrogens with one attached hydrogen (secondary N) is 1. The number of likely N-dealkylation sites (N-methyl/N-ethyl adjacent to an activating group) is 1. The Kier molecular flexibility index (Phi) is 3.31.